The van der Waals surface area contributed by atoms with Crippen molar-refractivity contribution in [2.75, 3.05) is 32.8 Å². The highest BCUT2D eigenvalue weighted by atomic mass is 16.6. The van der Waals surface area contributed by atoms with Crippen LogP contribution in [0.1, 0.15) is 0 Å². The Morgan fingerprint density at radius 1 is 1.47 bits per heavy atom. The molecule has 1 saturated heterocycles. The maximum Gasteiger partial charge on any atom is 0.292 e. The second-order valence-corrected chi connectivity index (χ2v) is 3.82. The monoisotopic (exact) mass is 241 g/mol. The molecule has 1 atom stereocenters. The van der Waals surface area contributed by atoms with E-state index in [1.54, 1.807) is 0 Å². The summed E-state index contributed by atoms with van der Waals surface area (Å²) in [5.41, 5.74) is 5.26. The van der Waals surface area contributed by atoms with E-state index >= 15 is 0 Å². The van der Waals surface area contributed by atoms with Crippen molar-refractivity contribution in [2.45, 2.75) is 6.04 Å². The van der Waals surface area contributed by atoms with Gasteiger partial charge in [-0.05, 0) is 0 Å². The molecule has 3 N–H and O–H groups in total. The predicted molar refractivity (Wildman–Crippen MR) is 57.6 cm³/mol. The molecule has 94 valence electrons. The molecule has 1 unspecified atom stereocenters. The lowest BCUT2D eigenvalue weighted by Crippen LogP contribution is -2.59. The summed E-state index contributed by atoms with van der Waals surface area (Å²) in [6, 6.07) is -0.636. The van der Waals surface area contributed by atoms with Gasteiger partial charge in [0.15, 0.2) is 0 Å². The van der Waals surface area contributed by atoms with E-state index in [2.05, 4.69) is 5.32 Å². The molecule has 0 aromatic carbocycles. The lowest BCUT2D eigenvalue weighted by Gasteiger charge is -2.34. The molecule has 2 rings (SSSR count). The van der Waals surface area contributed by atoms with E-state index in [-0.39, 0.29) is 11.7 Å². The van der Waals surface area contributed by atoms with Crippen LogP contribution in [0.4, 0.5) is 0 Å². The molecule has 7 heteroatoms. The topological polar surface area (TPSA) is 93.9 Å². The quantitative estimate of drug-likeness (QED) is 0.592. The van der Waals surface area contributed by atoms with Crippen molar-refractivity contribution in [3.05, 3.63) is 12.0 Å². The number of rotatable bonds is 2. The number of nitrogens with one attached hydrogen (secondary N) is 1. The summed E-state index contributed by atoms with van der Waals surface area (Å²) >= 11 is 0. The van der Waals surface area contributed by atoms with Crippen LogP contribution >= 0.6 is 0 Å². The van der Waals surface area contributed by atoms with Crippen molar-refractivity contribution >= 4 is 11.8 Å². The molecule has 2 aliphatic heterocycles. The van der Waals surface area contributed by atoms with E-state index in [1.807, 2.05) is 0 Å². The molecule has 0 saturated carbocycles. The number of carbonyl (C=O) groups excluding carboxylic acids is 2. The van der Waals surface area contributed by atoms with Gasteiger partial charge in [0.1, 0.15) is 25.5 Å². The van der Waals surface area contributed by atoms with Crippen LogP contribution in [0.15, 0.2) is 12.0 Å². The molecule has 1 fully saturated rings. The molecule has 0 radical (unpaired) electrons. The van der Waals surface area contributed by atoms with Crippen molar-refractivity contribution in [2.24, 2.45) is 5.73 Å². The predicted octanol–water partition coefficient (Wildman–Crippen LogP) is -1.84. The number of carbonyl (C=O) groups is 2. The Labute approximate surface area is 98.5 Å². The van der Waals surface area contributed by atoms with Crippen LogP contribution in [0.2, 0.25) is 0 Å². The summed E-state index contributed by atoms with van der Waals surface area (Å²) in [5, 5.41) is 3.02. The van der Waals surface area contributed by atoms with Gasteiger partial charge in [-0.15, -0.1) is 0 Å². The van der Waals surface area contributed by atoms with Crippen LogP contribution in [0, 0.1) is 0 Å². The van der Waals surface area contributed by atoms with Gasteiger partial charge >= 0.3 is 0 Å². The molecule has 2 heterocycles. The average molecular weight is 241 g/mol. The molecule has 0 aromatic heterocycles. The lowest BCUT2D eigenvalue weighted by molar-refractivity contribution is -0.141. The second kappa shape index (κ2) is 5.05. The maximum atomic E-state index is 12.1. The summed E-state index contributed by atoms with van der Waals surface area (Å²) in [6.45, 7) is 2.19. The van der Waals surface area contributed by atoms with Crippen LogP contribution in [0.25, 0.3) is 0 Å². The molecular weight excluding hydrogens is 226 g/mol. The fourth-order valence-corrected chi connectivity index (χ4v) is 1.82. The molecule has 2 amide bonds. The van der Waals surface area contributed by atoms with E-state index in [9.17, 15) is 9.59 Å². The first-order valence-corrected chi connectivity index (χ1v) is 5.45. The van der Waals surface area contributed by atoms with Gasteiger partial charge in [0.25, 0.3) is 5.91 Å². The largest absolute Gasteiger partial charge is 0.494 e. The third-order valence-electron chi connectivity index (χ3n) is 2.69. The molecule has 0 aliphatic carbocycles. The Bertz CT molecular complexity index is 355. The van der Waals surface area contributed by atoms with E-state index in [0.717, 1.165) is 0 Å². The first-order chi connectivity index (χ1) is 8.20. The van der Waals surface area contributed by atoms with Gasteiger partial charge < -0.3 is 25.4 Å². The summed E-state index contributed by atoms with van der Waals surface area (Å²) < 4.78 is 10.2. The zero-order valence-electron chi connectivity index (χ0n) is 9.35. The third-order valence-corrected chi connectivity index (χ3v) is 2.69. The van der Waals surface area contributed by atoms with Crippen LogP contribution < -0.4 is 11.1 Å². The minimum absolute atomic E-state index is 0.129. The van der Waals surface area contributed by atoms with Crippen molar-refractivity contribution < 1.29 is 19.1 Å². The second-order valence-electron chi connectivity index (χ2n) is 3.82. The Morgan fingerprint density at radius 3 is 2.94 bits per heavy atom. The molecule has 17 heavy (non-hydrogen) atoms. The fourth-order valence-electron chi connectivity index (χ4n) is 1.82. The molecule has 0 aromatic rings. The Kier molecular flexibility index (Phi) is 3.48. The van der Waals surface area contributed by atoms with Gasteiger partial charge in [-0.1, -0.05) is 0 Å². The number of ether oxygens (including phenoxy) is 2. The van der Waals surface area contributed by atoms with Crippen molar-refractivity contribution in [3.63, 3.8) is 0 Å². The highest BCUT2D eigenvalue weighted by Crippen LogP contribution is 2.12. The molecule has 0 bridgehead atoms. The summed E-state index contributed by atoms with van der Waals surface area (Å²) in [6.07, 6.45) is 1.28. The smallest absolute Gasteiger partial charge is 0.292 e. The number of primary amides is 1. The zero-order chi connectivity index (χ0) is 12.3. The van der Waals surface area contributed by atoms with E-state index in [0.29, 0.717) is 32.8 Å². The minimum atomic E-state index is -0.636. The zero-order valence-corrected chi connectivity index (χ0v) is 9.35. The molecule has 0 spiro atoms. The number of hydrogen-bond acceptors (Lipinski definition) is 5. The van der Waals surface area contributed by atoms with Gasteiger partial charge in [-0.25, -0.2) is 0 Å². The highest BCUT2D eigenvalue weighted by molar-refractivity contribution is 5.95. The maximum absolute atomic E-state index is 12.1. The lowest BCUT2D eigenvalue weighted by atomic mass is 10.1. The van der Waals surface area contributed by atoms with Crippen LogP contribution in [-0.2, 0) is 19.1 Å². The molecular formula is C10H15N3O4. The fraction of sp³-hybridized carbons (Fsp3) is 0.600. The SMILES string of the molecule is NC(=O)C1CNCCN1C(=O)C1=COCCO1. The first kappa shape index (κ1) is 11.7. The first-order valence-electron chi connectivity index (χ1n) is 5.45. The standard InChI is InChI=1S/C10H15N3O4/c11-9(14)7-5-12-1-2-13(7)10(15)8-6-16-3-4-17-8/h6-7,12H,1-5H2,(H2,11,14). The molecule has 2 aliphatic rings. The number of piperazine rings is 1. The average Bonchev–Trinajstić information content (AvgIpc) is 2.39. The van der Waals surface area contributed by atoms with E-state index < -0.39 is 11.9 Å². The van der Waals surface area contributed by atoms with Crippen molar-refractivity contribution in [1.29, 1.82) is 0 Å². The van der Waals surface area contributed by atoms with Crippen LogP contribution in [0.5, 0.6) is 0 Å². The van der Waals surface area contributed by atoms with Gasteiger partial charge in [-0.2, -0.15) is 0 Å². The number of nitrogens with two attached hydrogens (primary N) is 1. The Balaban J connectivity index is 2.10. The van der Waals surface area contributed by atoms with Gasteiger partial charge in [0.05, 0.1) is 0 Å². The minimum Gasteiger partial charge on any atom is -0.494 e. The van der Waals surface area contributed by atoms with E-state index in [4.69, 9.17) is 15.2 Å². The number of hydrogen-bond donors (Lipinski definition) is 2. The normalized spacial score (nSPS) is 24.4. The number of amides is 2. The van der Waals surface area contributed by atoms with Crippen molar-refractivity contribution in [3.8, 4) is 0 Å². The summed E-state index contributed by atoms with van der Waals surface area (Å²) in [5.74, 6) is -0.748. The van der Waals surface area contributed by atoms with Crippen molar-refractivity contribution in [1.82, 2.24) is 10.2 Å². The van der Waals surface area contributed by atoms with E-state index in [1.165, 1.54) is 11.2 Å². The summed E-state index contributed by atoms with van der Waals surface area (Å²) in [4.78, 5) is 24.7. The summed E-state index contributed by atoms with van der Waals surface area (Å²) in [7, 11) is 0. The Hall–Kier alpha value is -1.76. The third kappa shape index (κ3) is 2.50. The van der Waals surface area contributed by atoms with Crippen LogP contribution in [-0.4, -0.2) is 55.6 Å². The van der Waals surface area contributed by atoms with Gasteiger partial charge in [0.2, 0.25) is 11.7 Å². The van der Waals surface area contributed by atoms with Crippen LogP contribution in [0.3, 0.4) is 0 Å². The highest BCUT2D eigenvalue weighted by Gasteiger charge is 2.33. The Morgan fingerprint density at radius 2 is 2.29 bits per heavy atom. The van der Waals surface area contributed by atoms with Gasteiger partial charge in [-0.3, -0.25) is 9.59 Å². The molecule has 7 nitrogen and oxygen atoms in total. The number of nitrogens with zero attached hydrogens (tertiary/aromatic N) is 1. The van der Waals surface area contributed by atoms with Gasteiger partial charge in [0, 0.05) is 19.6 Å².